The largest absolute Gasteiger partial charge is 0.355 e. The summed E-state index contributed by atoms with van der Waals surface area (Å²) in [6.07, 6.45) is 8.47. The van der Waals surface area contributed by atoms with E-state index in [1.165, 1.54) is 19.3 Å². The van der Waals surface area contributed by atoms with E-state index in [0.717, 1.165) is 13.0 Å². The Morgan fingerprint density at radius 3 is 2.65 bits per heavy atom. The average Bonchev–Trinajstić information content (AvgIpc) is 2.81. The van der Waals surface area contributed by atoms with Gasteiger partial charge in [0, 0.05) is 25.5 Å². The van der Waals surface area contributed by atoms with Crippen LogP contribution < -0.4 is 11.1 Å². The van der Waals surface area contributed by atoms with E-state index in [2.05, 4.69) is 12.2 Å². The van der Waals surface area contributed by atoms with Gasteiger partial charge >= 0.3 is 0 Å². The third kappa shape index (κ3) is 5.54. The molecule has 0 aromatic carbocycles. The minimum atomic E-state index is -0.464. The number of carbonyl (C=O) groups is 1. The fourth-order valence-electron chi connectivity index (χ4n) is 1.70. The van der Waals surface area contributed by atoms with Crippen LogP contribution in [0.3, 0.4) is 0 Å². The van der Waals surface area contributed by atoms with Crippen LogP contribution in [0.5, 0.6) is 0 Å². The Kier molecular flexibility index (Phi) is 6.40. The summed E-state index contributed by atoms with van der Waals surface area (Å²) < 4.78 is 1.92. The van der Waals surface area contributed by atoms with Crippen molar-refractivity contribution < 1.29 is 4.79 Å². The summed E-state index contributed by atoms with van der Waals surface area (Å²) in [5.41, 5.74) is 5.82. The fraction of sp³-hybridized carbons (Fsp3) is 0.615. The van der Waals surface area contributed by atoms with Gasteiger partial charge in [-0.2, -0.15) is 0 Å². The zero-order valence-electron chi connectivity index (χ0n) is 10.6. The van der Waals surface area contributed by atoms with E-state index in [9.17, 15) is 4.79 Å². The molecule has 1 atom stereocenters. The second-order valence-corrected chi connectivity index (χ2v) is 4.34. The van der Waals surface area contributed by atoms with Gasteiger partial charge in [-0.05, 0) is 18.6 Å². The van der Waals surface area contributed by atoms with Gasteiger partial charge in [0.25, 0.3) is 0 Å². The van der Waals surface area contributed by atoms with Crippen LogP contribution in [0, 0.1) is 0 Å². The third-order valence-electron chi connectivity index (χ3n) is 2.74. The molecule has 0 spiro atoms. The van der Waals surface area contributed by atoms with Crippen molar-refractivity contribution in [1.29, 1.82) is 0 Å². The Morgan fingerprint density at radius 1 is 1.29 bits per heavy atom. The van der Waals surface area contributed by atoms with Crippen LogP contribution in [-0.4, -0.2) is 23.1 Å². The molecule has 17 heavy (non-hydrogen) atoms. The van der Waals surface area contributed by atoms with Crippen molar-refractivity contribution in [2.24, 2.45) is 5.73 Å². The van der Waals surface area contributed by atoms with Gasteiger partial charge in [-0.25, -0.2) is 0 Å². The molecule has 1 rings (SSSR count). The molecule has 0 aliphatic heterocycles. The molecule has 4 heteroatoms. The van der Waals surface area contributed by atoms with Crippen molar-refractivity contribution in [3.05, 3.63) is 24.5 Å². The number of rotatable bonds is 8. The molecule has 0 saturated heterocycles. The Balaban J connectivity index is 2.14. The number of nitrogens with zero attached hydrogens (tertiary/aromatic N) is 1. The number of hydrogen-bond donors (Lipinski definition) is 2. The smallest absolute Gasteiger partial charge is 0.238 e. The predicted octanol–water partition coefficient (Wildman–Crippen LogP) is 1.51. The molecular weight excluding hydrogens is 214 g/mol. The quantitative estimate of drug-likeness (QED) is 0.673. The first kappa shape index (κ1) is 13.8. The number of nitrogens with two attached hydrogens (primary N) is 1. The SMILES string of the molecule is CCCCCCNC(=O)C(N)Cn1cccc1. The Hall–Kier alpha value is -1.29. The summed E-state index contributed by atoms with van der Waals surface area (Å²) in [5.74, 6) is -0.0600. The minimum Gasteiger partial charge on any atom is -0.355 e. The molecule has 0 fully saturated rings. The number of nitrogens with one attached hydrogen (secondary N) is 1. The Labute approximate surface area is 103 Å². The Bertz CT molecular complexity index is 308. The molecule has 1 aromatic heterocycles. The highest BCUT2D eigenvalue weighted by atomic mass is 16.2. The summed E-state index contributed by atoms with van der Waals surface area (Å²) in [7, 11) is 0. The van der Waals surface area contributed by atoms with Crippen molar-refractivity contribution in [3.63, 3.8) is 0 Å². The van der Waals surface area contributed by atoms with Crippen molar-refractivity contribution >= 4 is 5.91 Å². The standard InChI is InChI=1S/C13H23N3O/c1-2-3-4-5-8-15-13(17)12(14)11-16-9-6-7-10-16/h6-7,9-10,12H,2-5,8,11,14H2,1H3,(H,15,17). The molecule has 0 aliphatic carbocycles. The summed E-state index contributed by atoms with van der Waals surface area (Å²) in [5, 5.41) is 2.88. The molecular formula is C13H23N3O. The molecule has 1 amide bonds. The maximum absolute atomic E-state index is 11.7. The highest BCUT2D eigenvalue weighted by Gasteiger charge is 2.12. The lowest BCUT2D eigenvalue weighted by Crippen LogP contribution is -2.43. The molecule has 4 nitrogen and oxygen atoms in total. The van der Waals surface area contributed by atoms with E-state index >= 15 is 0 Å². The molecule has 0 radical (unpaired) electrons. The number of amides is 1. The number of aromatic nitrogens is 1. The van der Waals surface area contributed by atoms with Crippen LogP contribution in [0.1, 0.15) is 32.6 Å². The van der Waals surface area contributed by atoms with Gasteiger partial charge in [0.2, 0.25) is 5.91 Å². The van der Waals surface area contributed by atoms with Gasteiger partial charge in [-0.15, -0.1) is 0 Å². The molecule has 0 saturated carbocycles. The molecule has 96 valence electrons. The van der Waals surface area contributed by atoms with Crippen LogP contribution in [0.4, 0.5) is 0 Å². The molecule has 1 heterocycles. The van der Waals surface area contributed by atoms with E-state index in [4.69, 9.17) is 5.73 Å². The van der Waals surface area contributed by atoms with E-state index in [1.807, 2.05) is 29.1 Å². The fourth-order valence-corrected chi connectivity index (χ4v) is 1.70. The minimum absolute atomic E-state index is 0.0600. The first-order chi connectivity index (χ1) is 8.24. The van der Waals surface area contributed by atoms with Gasteiger partial charge in [0.1, 0.15) is 6.04 Å². The van der Waals surface area contributed by atoms with Gasteiger partial charge in [-0.1, -0.05) is 26.2 Å². The lowest BCUT2D eigenvalue weighted by molar-refractivity contribution is -0.122. The maximum Gasteiger partial charge on any atom is 0.238 e. The summed E-state index contributed by atoms with van der Waals surface area (Å²) in [6.45, 7) is 3.44. The zero-order chi connectivity index (χ0) is 12.5. The molecule has 1 aromatic rings. The predicted molar refractivity (Wildman–Crippen MR) is 69.6 cm³/mol. The van der Waals surface area contributed by atoms with E-state index in [0.29, 0.717) is 6.54 Å². The van der Waals surface area contributed by atoms with E-state index in [1.54, 1.807) is 0 Å². The highest BCUT2D eigenvalue weighted by molar-refractivity contribution is 5.81. The second-order valence-electron chi connectivity index (χ2n) is 4.34. The summed E-state index contributed by atoms with van der Waals surface area (Å²) >= 11 is 0. The zero-order valence-corrected chi connectivity index (χ0v) is 10.6. The molecule has 1 unspecified atom stereocenters. The maximum atomic E-state index is 11.7. The summed E-state index contributed by atoms with van der Waals surface area (Å²) in [6, 6.07) is 3.39. The third-order valence-corrected chi connectivity index (χ3v) is 2.74. The topological polar surface area (TPSA) is 60.1 Å². The average molecular weight is 237 g/mol. The van der Waals surface area contributed by atoms with Crippen molar-refractivity contribution in [3.8, 4) is 0 Å². The van der Waals surface area contributed by atoms with E-state index in [-0.39, 0.29) is 5.91 Å². The van der Waals surface area contributed by atoms with Crippen LogP contribution in [0.25, 0.3) is 0 Å². The van der Waals surface area contributed by atoms with Gasteiger partial charge < -0.3 is 15.6 Å². The summed E-state index contributed by atoms with van der Waals surface area (Å²) in [4.78, 5) is 11.7. The van der Waals surface area contributed by atoms with E-state index < -0.39 is 6.04 Å². The second kappa shape index (κ2) is 7.90. The van der Waals surface area contributed by atoms with Crippen LogP contribution in [-0.2, 0) is 11.3 Å². The molecule has 3 N–H and O–H groups in total. The highest BCUT2D eigenvalue weighted by Crippen LogP contribution is 1.97. The van der Waals surface area contributed by atoms with Gasteiger partial charge in [0.05, 0.1) is 0 Å². The molecule has 0 aliphatic rings. The van der Waals surface area contributed by atoms with Crippen LogP contribution in [0.15, 0.2) is 24.5 Å². The lowest BCUT2D eigenvalue weighted by atomic mass is 10.2. The van der Waals surface area contributed by atoms with Crippen molar-refractivity contribution in [1.82, 2.24) is 9.88 Å². The van der Waals surface area contributed by atoms with Gasteiger partial charge in [-0.3, -0.25) is 4.79 Å². The number of hydrogen-bond acceptors (Lipinski definition) is 2. The lowest BCUT2D eigenvalue weighted by Gasteiger charge is -2.12. The van der Waals surface area contributed by atoms with Crippen molar-refractivity contribution in [2.45, 2.75) is 45.2 Å². The normalized spacial score (nSPS) is 12.4. The van der Waals surface area contributed by atoms with Gasteiger partial charge in [0.15, 0.2) is 0 Å². The van der Waals surface area contributed by atoms with Crippen molar-refractivity contribution in [2.75, 3.05) is 6.54 Å². The Morgan fingerprint density at radius 2 is 2.00 bits per heavy atom. The first-order valence-corrected chi connectivity index (χ1v) is 6.38. The van der Waals surface area contributed by atoms with Crippen LogP contribution in [0.2, 0.25) is 0 Å². The monoisotopic (exact) mass is 237 g/mol. The molecule has 0 bridgehead atoms. The number of unbranched alkanes of at least 4 members (excludes halogenated alkanes) is 3. The number of carbonyl (C=O) groups excluding carboxylic acids is 1. The van der Waals surface area contributed by atoms with Crippen LogP contribution >= 0.6 is 0 Å². The first-order valence-electron chi connectivity index (χ1n) is 6.38.